The Morgan fingerprint density at radius 3 is 2.81 bits per heavy atom. The van der Waals surface area contributed by atoms with Crippen LogP contribution in [0.4, 0.5) is 11.9 Å². The predicted octanol–water partition coefficient (Wildman–Crippen LogP) is -1.12. The summed E-state index contributed by atoms with van der Waals surface area (Å²) in [6, 6.07) is 0. The van der Waals surface area contributed by atoms with Crippen molar-refractivity contribution >= 4 is 29.6 Å². The molecule has 0 aliphatic carbocycles. The van der Waals surface area contributed by atoms with Crippen LogP contribution in [0.15, 0.2) is 5.16 Å². The molecule has 0 bridgehead atoms. The fourth-order valence-corrected chi connectivity index (χ4v) is 2.08. The van der Waals surface area contributed by atoms with Crippen LogP contribution in [-0.4, -0.2) is 60.3 Å². The lowest BCUT2D eigenvalue weighted by atomic mass is 10.6. The van der Waals surface area contributed by atoms with Gasteiger partial charge in [0.15, 0.2) is 0 Å². The van der Waals surface area contributed by atoms with Crippen LogP contribution in [0.25, 0.3) is 0 Å². The van der Waals surface area contributed by atoms with Crippen molar-refractivity contribution in [2.24, 2.45) is 0 Å². The minimum absolute atomic E-state index is 0.120. The van der Waals surface area contributed by atoms with Gasteiger partial charge in [-0.3, -0.25) is 4.79 Å². The van der Waals surface area contributed by atoms with Crippen LogP contribution in [0.5, 0.6) is 0 Å². The number of aliphatic carboxylic acids is 1. The van der Waals surface area contributed by atoms with E-state index in [0.717, 1.165) is 0 Å². The van der Waals surface area contributed by atoms with Gasteiger partial charge in [-0.25, -0.2) is 4.68 Å². The summed E-state index contributed by atoms with van der Waals surface area (Å²) in [7, 11) is 3.58. The molecule has 0 atom stereocenters. The molecule has 0 amide bonds. The lowest BCUT2D eigenvalue weighted by molar-refractivity contribution is -0.138. The Balaban J connectivity index is 2.10. The lowest BCUT2D eigenvalue weighted by Crippen LogP contribution is -2.16. The number of carbonyl (C=O) groups is 1. The van der Waals surface area contributed by atoms with Gasteiger partial charge < -0.3 is 15.7 Å². The molecule has 0 saturated carbocycles. The molecule has 0 spiro atoms. The molecule has 2 heterocycles. The minimum Gasteiger partial charge on any atom is -0.480 e. The molecule has 3 N–H and O–H groups in total. The molecule has 12 heteroatoms. The van der Waals surface area contributed by atoms with Gasteiger partial charge in [0, 0.05) is 14.1 Å². The lowest BCUT2D eigenvalue weighted by Gasteiger charge is -2.11. The van der Waals surface area contributed by atoms with E-state index in [2.05, 4.69) is 30.5 Å². The Labute approximate surface area is 123 Å². The molecular weight excluding hydrogens is 298 g/mol. The maximum Gasteiger partial charge on any atom is 0.325 e. The third kappa shape index (κ3) is 3.98. The number of hydrogen-bond acceptors (Lipinski definition) is 10. The molecule has 0 aliphatic heterocycles. The second kappa shape index (κ2) is 6.30. The van der Waals surface area contributed by atoms with E-state index in [0.29, 0.717) is 22.7 Å². The van der Waals surface area contributed by atoms with E-state index in [1.54, 1.807) is 19.0 Å². The molecule has 0 unspecified atom stereocenters. The molecule has 0 fully saturated rings. The van der Waals surface area contributed by atoms with Crippen LogP contribution in [0.1, 0.15) is 5.82 Å². The smallest absolute Gasteiger partial charge is 0.325 e. The maximum atomic E-state index is 10.7. The van der Waals surface area contributed by atoms with Crippen LogP contribution >= 0.6 is 11.8 Å². The summed E-state index contributed by atoms with van der Waals surface area (Å²) in [4.78, 5) is 24.6. The number of carboxylic acid groups (broad SMARTS) is 1. The van der Waals surface area contributed by atoms with Crippen molar-refractivity contribution in [2.75, 3.05) is 24.7 Å². The van der Waals surface area contributed by atoms with E-state index in [1.807, 2.05) is 0 Å². The number of nitrogen functional groups attached to an aromatic ring is 1. The molecular formula is C9H13N9O2S. The summed E-state index contributed by atoms with van der Waals surface area (Å²) in [6.45, 7) is -0.308. The van der Waals surface area contributed by atoms with E-state index in [9.17, 15) is 4.79 Å². The second-order valence-electron chi connectivity index (χ2n) is 4.11. The Morgan fingerprint density at radius 1 is 1.38 bits per heavy atom. The summed E-state index contributed by atoms with van der Waals surface area (Å²) < 4.78 is 1.18. The number of tetrazole rings is 1. The van der Waals surface area contributed by atoms with Gasteiger partial charge in [0.25, 0.3) is 0 Å². The number of nitrogens with zero attached hydrogens (tertiary/aromatic N) is 8. The Kier molecular flexibility index (Phi) is 4.47. The number of rotatable bonds is 6. The molecule has 2 aromatic heterocycles. The van der Waals surface area contributed by atoms with Gasteiger partial charge in [0.1, 0.15) is 12.4 Å². The molecule has 0 saturated heterocycles. The Morgan fingerprint density at radius 2 is 2.14 bits per heavy atom. The largest absolute Gasteiger partial charge is 0.480 e. The van der Waals surface area contributed by atoms with E-state index in [-0.39, 0.29) is 12.5 Å². The fourth-order valence-electron chi connectivity index (χ4n) is 1.35. The number of nitrogens with two attached hydrogens (primary N) is 1. The highest BCUT2D eigenvalue weighted by atomic mass is 32.2. The summed E-state index contributed by atoms with van der Waals surface area (Å²) in [5.41, 5.74) is 5.62. The number of hydrogen-bond donors (Lipinski definition) is 2. The molecule has 112 valence electrons. The number of thioether (sulfide) groups is 1. The van der Waals surface area contributed by atoms with Crippen molar-refractivity contribution < 1.29 is 9.90 Å². The molecule has 11 nitrogen and oxygen atoms in total. The van der Waals surface area contributed by atoms with Gasteiger partial charge in [-0.2, -0.15) is 15.0 Å². The van der Waals surface area contributed by atoms with Crippen LogP contribution in [0.2, 0.25) is 0 Å². The van der Waals surface area contributed by atoms with Crippen molar-refractivity contribution in [3.05, 3.63) is 5.82 Å². The van der Waals surface area contributed by atoms with E-state index in [4.69, 9.17) is 10.8 Å². The molecule has 0 radical (unpaired) electrons. The quantitative estimate of drug-likeness (QED) is 0.625. The number of carboxylic acids is 1. The highest BCUT2D eigenvalue weighted by Gasteiger charge is 2.12. The summed E-state index contributed by atoms with van der Waals surface area (Å²) in [5, 5.41) is 19.9. The third-order valence-corrected chi connectivity index (χ3v) is 3.15. The van der Waals surface area contributed by atoms with Crippen molar-refractivity contribution in [1.29, 1.82) is 0 Å². The van der Waals surface area contributed by atoms with Crippen LogP contribution < -0.4 is 10.6 Å². The van der Waals surface area contributed by atoms with Crippen molar-refractivity contribution in [3.63, 3.8) is 0 Å². The molecule has 0 aliphatic rings. The van der Waals surface area contributed by atoms with Crippen LogP contribution in [0.3, 0.4) is 0 Å². The zero-order chi connectivity index (χ0) is 15.4. The predicted molar refractivity (Wildman–Crippen MR) is 73.6 cm³/mol. The first kappa shape index (κ1) is 14.9. The van der Waals surface area contributed by atoms with Crippen LogP contribution in [0, 0.1) is 0 Å². The van der Waals surface area contributed by atoms with E-state index in [1.165, 1.54) is 16.4 Å². The zero-order valence-corrected chi connectivity index (χ0v) is 12.1. The van der Waals surface area contributed by atoms with Crippen molar-refractivity contribution in [1.82, 2.24) is 35.2 Å². The first-order valence-corrected chi connectivity index (χ1v) is 6.73. The molecule has 0 aromatic carbocycles. The zero-order valence-electron chi connectivity index (χ0n) is 11.3. The number of aromatic nitrogens is 7. The SMILES string of the molecule is CN(C)c1nc(N)nc(CSc2nnnn2CC(=O)O)n1. The van der Waals surface area contributed by atoms with E-state index >= 15 is 0 Å². The second-order valence-corrected chi connectivity index (χ2v) is 5.05. The summed E-state index contributed by atoms with van der Waals surface area (Å²) in [5.74, 6) is 0.343. The van der Waals surface area contributed by atoms with Gasteiger partial charge in [0.05, 0.1) is 5.75 Å². The molecule has 2 aromatic rings. The first-order chi connectivity index (χ1) is 9.95. The normalized spacial score (nSPS) is 10.6. The van der Waals surface area contributed by atoms with E-state index < -0.39 is 5.97 Å². The monoisotopic (exact) mass is 311 g/mol. The Hall–Kier alpha value is -2.50. The minimum atomic E-state index is -1.02. The van der Waals surface area contributed by atoms with Gasteiger partial charge in [-0.1, -0.05) is 11.8 Å². The van der Waals surface area contributed by atoms with Crippen molar-refractivity contribution in [2.45, 2.75) is 17.5 Å². The van der Waals surface area contributed by atoms with Gasteiger partial charge in [-0.05, 0) is 10.4 Å². The topological polar surface area (TPSA) is 149 Å². The fraction of sp³-hybridized carbons (Fsp3) is 0.444. The van der Waals surface area contributed by atoms with Gasteiger partial charge in [0.2, 0.25) is 17.1 Å². The summed E-state index contributed by atoms with van der Waals surface area (Å²) >= 11 is 1.21. The summed E-state index contributed by atoms with van der Waals surface area (Å²) in [6.07, 6.45) is 0. The van der Waals surface area contributed by atoms with Gasteiger partial charge >= 0.3 is 5.97 Å². The Bertz CT molecular complexity index is 644. The average molecular weight is 311 g/mol. The number of anilines is 2. The molecule has 21 heavy (non-hydrogen) atoms. The average Bonchev–Trinajstić information content (AvgIpc) is 2.82. The highest BCUT2D eigenvalue weighted by molar-refractivity contribution is 7.98. The first-order valence-electron chi connectivity index (χ1n) is 5.74. The third-order valence-electron chi connectivity index (χ3n) is 2.20. The molecule has 2 rings (SSSR count). The van der Waals surface area contributed by atoms with Gasteiger partial charge in [-0.15, -0.1) is 5.10 Å². The van der Waals surface area contributed by atoms with Crippen LogP contribution in [-0.2, 0) is 17.1 Å². The maximum absolute atomic E-state index is 10.7. The highest BCUT2D eigenvalue weighted by Crippen LogP contribution is 2.19. The van der Waals surface area contributed by atoms with Crippen molar-refractivity contribution in [3.8, 4) is 0 Å². The standard InChI is InChI=1S/C9H13N9O2S/c1-17(2)8-12-5(11-7(10)13-8)4-21-9-14-15-16-18(9)3-6(19)20/h3-4H2,1-2H3,(H,19,20)(H2,10,11,12,13).